The maximum atomic E-state index is 12.8. The minimum atomic E-state index is -0.234. The van der Waals surface area contributed by atoms with Gasteiger partial charge in [0.2, 0.25) is 0 Å². The Balaban J connectivity index is 1.42. The molecule has 0 saturated heterocycles. The summed E-state index contributed by atoms with van der Waals surface area (Å²) in [6.07, 6.45) is 0. The van der Waals surface area contributed by atoms with Crippen LogP contribution in [-0.2, 0) is 0 Å². The molecule has 0 radical (unpaired) electrons. The Kier molecular flexibility index (Phi) is 4.96. The van der Waals surface area contributed by atoms with Crippen LogP contribution in [0.5, 0.6) is 0 Å². The maximum Gasteiger partial charge on any atom is 0.267 e. The molecule has 0 aliphatic rings. The molecule has 7 heteroatoms. The van der Waals surface area contributed by atoms with Gasteiger partial charge in [0.05, 0.1) is 10.7 Å². The average Bonchev–Trinajstić information content (AvgIpc) is 3.35. The van der Waals surface area contributed by atoms with E-state index in [1.807, 2.05) is 54.6 Å². The molecule has 0 aliphatic carbocycles. The first-order valence-corrected chi connectivity index (χ1v) is 11.1. The number of aromatic nitrogens is 3. The highest BCUT2D eigenvalue weighted by molar-refractivity contribution is 7.21. The van der Waals surface area contributed by atoms with Gasteiger partial charge in [-0.25, -0.2) is 0 Å². The summed E-state index contributed by atoms with van der Waals surface area (Å²) in [6.45, 7) is 4.33. The van der Waals surface area contributed by atoms with E-state index < -0.39 is 0 Å². The van der Waals surface area contributed by atoms with Gasteiger partial charge in [-0.3, -0.25) is 4.79 Å². The summed E-state index contributed by atoms with van der Waals surface area (Å²) in [4.78, 5) is 14.9. The molecule has 31 heavy (non-hydrogen) atoms. The highest BCUT2D eigenvalue weighted by atomic mass is 35.5. The average molecular weight is 447 g/mol. The fraction of sp³-hybridized carbons (Fsp3) is 0.125. The minimum Gasteiger partial charge on any atom is -0.321 e. The van der Waals surface area contributed by atoms with E-state index in [-0.39, 0.29) is 5.91 Å². The van der Waals surface area contributed by atoms with E-state index in [9.17, 15) is 4.79 Å². The Morgan fingerprint density at radius 3 is 2.48 bits per heavy atom. The molecule has 0 spiro atoms. The molecule has 0 unspecified atom stereocenters. The van der Waals surface area contributed by atoms with Crippen LogP contribution in [0, 0.1) is 0 Å². The predicted molar refractivity (Wildman–Crippen MR) is 128 cm³/mol. The van der Waals surface area contributed by atoms with Crippen LogP contribution in [0.4, 0.5) is 5.69 Å². The number of fused-ring (bicyclic) bond motifs is 2. The maximum absolute atomic E-state index is 12.8. The first-order chi connectivity index (χ1) is 15.0. The highest BCUT2D eigenvalue weighted by Gasteiger charge is 2.17. The van der Waals surface area contributed by atoms with Crippen molar-refractivity contribution >= 4 is 55.7 Å². The Labute approximate surface area is 188 Å². The number of carbonyl (C=O) groups excluding carboxylic acids is 1. The van der Waals surface area contributed by atoms with Crippen LogP contribution in [0.3, 0.4) is 0 Å². The molecule has 1 amide bonds. The molecule has 0 saturated carbocycles. The van der Waals surface area contributed by atoms with Gasteiger partial charge in [0.1, 0.15) is 15.9 Å². The third kappa shape index (κ3) is 3.69. The summed E-state index contributed by atoms with van der Waals surface area (Å²) in [7, 11) is 0. The van der Waals surface area contributed by atoms with E-state index in [4.69, 9.17) is 11.6 Å². The van der Waals surface area contributed by atoms with E-state index in [0.29, 0.717) is 27.0 Å². The number of anilines is 1. The summed E-state index contributed by atoms with van der Waals surface area (Å²) in [5.41, 5.74) is 4.26. The van der Waals surface area contributed by atoms with Crippen LogP contribution >= 0.6 is 22.9 Å². The molecule has 2 aromatic heterocycles. The van der Waals surface area contributed by atoms with Crippen molar-refractivity contribution in [3.05, 3.63) is 82.2 Å². The molecular weight excluding hydrogens is 428 g/mol. The highest BCUT2D eigenvalue weighted by Crippen LogP contribution is 2.35. The van der Waals surface area contributed by atoms with Gasteiger partial charge in [-0.15, -0.1) is 21.5 Å². The Morgan fingerprint density at radius 1 is 1.00 bits per heavy atom. The molecule has 0 aliphatic heterocycles. The second-order valence-electron chi connectivity index (χ2n) is 7.63. The van der Waals surface area contributed by atoms with E-state index >= 15 is 0 Å². The van der Waals surface area contributed by atoms with Crippen molar-refractivity contribution in [2.75, 3.05) is 5.32 Å². The molecule has 0 bridgehead atoms. The minimum absolute atomic E-state index is 0.234. The van der Waals surface area contributed by atoms with Crippen LogP contribution in [-0.4, -0.2) is 20.9 Å². The number of halogens is 1. The first-order valence-electron chi connectivity index (χ1n) is 9.95. The van der Waals surface area contributed by atoms with Gasteiger partial charge >= 0.3 is 0 Å². The SMILES string of the molecule is CC(C)c1ccc(-n2nc3ccc(NC(=O)c4sc5ccccc5c4Cl)cc3n2)cc1. The van der Waals surface area contributed by atoms with Gasteiger partial charge in [-0.2, -0.15) is 4.80 Å². The second-order valence-corrected chi connectivity index (χ2v) is 9.06. The second kappa shape index (κ2) is 7.80. The molecule has 0 atom stereocenters. The Bertz CT molecular complexity index is 1420. The molecule has 5 nitrogen and oxygen atoms in total. The number of amides is 1. The summed E-state index contributed by atoms with van der Waals surface area (Å²) < 4.78 is 0.986. The lowest BCUT2D eigenvalue weighted by molar-refractivity contribution is 0.103. The van der Waals surface area contributed by atoms with Crippen molar-refractivity contribution in [1.82, 2.24) is 15.0 Å². The lowest BCUT2D eigenvalue weighted by Crippen LogP contribution is -2.10. The number of nitrogens with zero attached hydrogens (tertiary/aromatic N) is 3. The fourth-order valence-electron chi connectivity index (χ4n) is 3.45. The van der Waals surface area contributed by atoms with E-state index in [0.717, 1.165) is 21.3 Å². The van der Waals surface area contributed by atoms with Crippen molar-refractivity contribution in [2.45, 2.75) is 19.8 Å². The Morgan fingerprint density at radius 2 is 1.74 bits per heavy atom. The number of carbonyl (C=O) groups is 1. The van der Waals surface area contributed by atoms with Gasteiger partial charge in [-0.05, 0) is 47.9 Å². The summed E-state index contributed by atoms with van der Waals surface area (Å²) >= 11 is 7.82. The molecule has 2 heterocycles. The van der Waals surface area contributed by atoms with Crippen LogP contribution < -0.4 is 5.32 Å². The molecule has 154 valence electrons. The van der Waals surface area contributed by atoms with Crippen LogP contribution in [0.1, 0.15) is 35.0 Å². The summed E-state index contributed by atoms with van der Waals surface area (Å²) in [5.74, 6) is 0.238. The molecule has 3 aromatic carbocycles. The van der Waals surface area contributed by atoms with Crippen molar-refractivity contribution in [1.29, 1.82) is 0 Å². The number of nitrogens with one attached hydrogen (secondary N) is 1. The van der Waals surface area contributed by atoms with Crippen LogP contribution in [0.15, 0.2) is 66.7 Å². The molecule has 5 aromatic rings. The van der Waals surface area contributed by atoms with Gasteiger partial charge in [0, 0.05) is 15.8 Å². The van der Waals surface area contributed by atoms with Gasteiger partial charge in [0.15, 0.2) is 0 Å². The van der Waals surface area contributed by atoms with Crippen LogP contribution in [0.2, 0.25) is 5.02 Å². The summed E-state index contributed by atoms with van der Waals surface area (Å²) in [5, 5.41) is 13.4. The fourth-order valence-corrected chi connectivity index (χ4v) is 4.86. The smallest absolute Gasteiger partial charge is 0.267 e. The van der Waals surface area contributed by atoms with Crippen molar-refractivity contribution in [3.63, 3.8) is 0 Å². The standard InChI is InChI=1S/C24H19ClN4OS/c1-14(2)15-7-10-17(11-8-15)29-27-19-12-9-16(13-20(19)28-29)26-24(30)23-22(25)18-5-3-4-6-21(18)31-23/h3-14H,1-2H3,(H,26,30). The monoisotopic (exact) mass is 446 g/mol. The quantitative estimate of drug-likeness (QED) is 0.335. The van der Waals surface area contributed by atoms with E-state index in [2.05, 4.69) is 41.5 Å². The third-order valence-corrected chi connectivity index (χ3v) is 6.84. The molecular formula is C24H19ClN4OS. The van der Waals surface area contributed by atoms with E-state index in [1.54, 1.807) is 4.80 Å². The van der Waals surface area contributed by atoms with Crippen molar-refractivity contribution < 1.29 is 4.79 Å². The number of hydrogen-bond acceptors (Lipinski definition) is 4. The Hall–Kier alpha value is -3.22. The van der Waals surface area contributed by atoms with Crippen molar-refractivity contribution in [3.8, 4) is 5.69 Å². The van der Waals surface area contributed by atoms with Crippen LogP contribution in [0.25, 0.3) is 26.8 Å². The summed E-state index contributed by atoms with van der Waals surface area (Å²) in [6, 6.07) is 21.4. The van der Waals surface area contributed by atoms with Crippen molar-refractivity contribution in [2.24, 2.45) is 0 Å². The zero-order chi connectivity index (χ0) is 21.5. The molecule has 0 fully saturated rings. The first kappa shape index (κ1) is 19.7. The molecule has 5 rings (SSSR count). The topological polar surface area (TPSA) is 59.8 Å². The lowest BCUT2D eigenvalue weighted by atomic mass is 10.0. The van der Waals surface area contributed by atoms with Gasteiger partial charge in [-0.1, -0.05) is 55.8 Å². The lowest BCUT2D eigenvalue weighted by Gasteiger charge is -2.05. The largest absolute Gasteiger partial charge is 0.321 e. The van der Waals surface area contributed by atoms with Gasteiger partial charge < -0.3 is 5.32 Å². The predicted octanol–water partition coefficient (Wildman–Crippen LogP) is 6.66. The zero-order valence-corrected chi connectivity index (χ0v) is 18.5. The normalized spacial score (nSPS) is 11.5. The number of rotatable bonds is 4. The number of thiophene rings is 1. The van der Waals surface area contributed by atoms with E-state index in [1.165, 1.54) is 16.9 Å². The third-order valence-electron chi connectivity index (χ3n) is 5.17. The number of hydrogen-bond donors (Lipinski definition) is 1. The van der Waals surface area contributed by atoms with Gasteiger partial charge in [0.25, 0.3) is 5.91 Å². The molecule has 1 N–H and O–H groups in total. The number of benzene rings is 3. The zero-order valence-electron chi connectivity index (χ0n) is 17.0.